The lowest BCUT2D eigenvalue weighted by molar-refractivity contribution is -0.0955. The van der Waals surface area contributed by atoms with Crippen LogP contribution in [0.3, 0.4) is 0 Å². The van der Waals surface area contributed by atoms with Crippen molar-refractivity contribution in [3.8, 4) is 5.75 Å². The van der Waals surface area contributed by atoms with Gasteiger partial charge in [-0.2, -0.15) is 0 Å². The molecule has 3 heteroatoms. The minimum atomic E-state index is 0.282. The number of nitrogens with zero attached hydrogens (tertiary/aromatic N) is 1. The van der Waals surface area contributed by atoms with Crippen LogP contribution in [0.5, 0.6) is 5.75 Å². The molecule has 104 valence electrons. The Morgan fingerprint density at radius 1 is 1.26 bits per heavy atom. The SMILES string of the molecule is COc1ccc(CN2C3CC(C3)[C@@H](C)[C@H]2CO)cc1. The molecule has 0 amide bonds. The van der Waals surface area contributed by atoms with Crippen LogP contribution in [0.4, 0.5) is 0 Å². The van der Waals surface area contributed by atoms with Gasteiger partial charge in [0.05, 0.1) is 13.7 Å². The van der Waals surface area contributed by atoms with Crippen molar-refractivity contribution in [3.05, 3.63) is 29.8 Å². The number of aliphatic hydroxyl groups is 1. The highest BCUT2D eigenvalue weighted by molar-refractivity contribution is 5.27. The summed E-state index contributed by atoms with van der Waals surface area (Å²) >= 11 is 0. The molecule has 2 atom stereocenters. The van der Waals surface area contributed by atoms with E-state index in [0.29, 0.717) is 18.0 Å². The predicted octanol–water partition coefficient (Wildman–Crippen LogP) is 2.29. The number of ether oxygens (including phenoxy) is 1. The van der Waals surface area contributed by atoms with Crippen molar-refractivity contribution in [3.63, 3.8) is 0 Å². The van der Waals surface area contributed by atoms with Gasteiger partial charge in [-0.15, -0.1) is 0 Å². The molecule has 3 fully saturated rings. The molecule has 0 unspecified atom stereocenters. The van der Waals surface area contributed by atoms with Gasteiger partial charge in [-0.3, -0.25) is 4.90 Å². The van der Waals surface area contributed by atoms with Crippen LogP contribution < -0.4 is 4.74 Å². The molecule has 2 saturated heterocycles. The van der Waals surface area contributed by atoms with Crippen LogP contribution >= 0.6 is 0 Å². The van der Waals surface area contributed by atoms with Crippen LogP contribution in [0, 0.1) is 11.8 Å². The van der Waals surface area contributed by atoms with Crippen LogP contribution in [0.1, 0.15) is 25.3 Å². The second-order valence-electron chi connectivity index (χ2n) is 6.01. The Hall–Kier alpha value is -1.06. The number of hydrogen-bond acceptors (Lipinski definition) is 3. The summed E-state index contributed by atoms with van der Waals surface area (Å²) in [6, 6.07) is 9.30. The van der Waals surface area contributed by atoms with Gasteiger partial charge in [0.15, 0.2) is 0 Å². The zero-order chi connectivity index (χ0) is 13.4. The van der Waals surface area contributed by atoms with Crippen LogP contribution in [0.15, 0.2) is 24.3 Å². The zero-order valence-corrected chi connectivity index (χ0v) is 11.7. The Bertz CT molecular complexity index is 425. The Morgan fingerprint density at radius 3 is 2.53 bits per heavy atom. The maximum absolute atomic E-state index is 9.67. The van der Waals surface area contributed by atoms with Gasteiger partial charge in [0.1, 0.15) is 5.75 Å². The molecule has 3 aliphatic rings. The summed E-state index contributed by atoms with van der Waals surface area (Å²) in [7, 11) is 1.69. The lowest BCUT2D eigenvalue weighted by Crippen LogP contribution is -2.61. The zero-order valence-electron chi connectivity index (χ0n) is 11.7. The topological polar surface area (TPSA) is 32.7 Å². The molecule has 0 spiro atoms. The summed E-state index contributed by atoms with van der Waals surface area (Å²) in [6.45, 7) is 3.52. The minimum Gasteiger partial charge on any atom is -0.497 e. The van der Waals surface area contributed by atoms with Crippen molar-refractivity contribution in [1.82, 2.24) is 4.90 Å². The van der Waals surface area contributed by atoms with Crippen molar-refractivity contribution in [2.45, 2.75) is 38.4 Å². The molecular weight excluding hydrogens is 238 g/mol. The second kappa shape index (κ2) is 5.14. The van der Waals surface area contributed by atoms with Gasteiger partial charge in [-0.1, -0.05) is 19.1 Å². The molecule has 2 bridgehead atoms. The molecule has 0 radical (unpaired) electrons. The average molecular weight is 261 g/mol. The van der Waals surface area contributed by atoms with E-state index in [0.717, 1.165) is 18.2 Å². The maximum Gasteiger partial charge on any atom is 0.118 e. The van der Waals surface area contributed by atoms with Crippen LogP contribution in [-0.2, 0) is 6.54 Å². The molecule has 3 nitrogen and oxygen atoms in total. The lowest BCUT2D eigenvalue weighted by atomic mass is 9.65. The van der Waals surface area contributed by atoms with Crippen molar-refractivity contribution in [1.29, 1.82) is 0 Å². The number of fused-ring (bicyclic) bond motifs is 2. The van der Waals surface area contributed by atoms with Gasteiger partial charge in [-0.25, -0.2) is 0 Å². The largest absolute Gasteiger partial charge is 0.497 e. The smallest absolute Gasteiger partial charge is 0.118 e. The van der Waals surface area contributed by atoms with Crippen molar-refractivity contribution >= 4 is 0 Å². The van der Waals surface area contributed by atoms with Crippen LogP contribution in [0.2, 0.25) is 0 Å². The number of aliphatic hydroxyl groups excluding tert-OH is 1. The molecule has 19 heavy (non-hydrogen) atoms. The Labute approximate surface area is 115 Å². The van der Waals surface area contributed by atoms with Gasteiger partial charge in [0, 0.05) is 18.6 Å². The van der Waals surface area contributed by atoms with Crippen LogP contribution in [-0.4, -0.2) is 35.8 Å². The third kappa shape index (κ3) is 2.26. The molecule has 1 saturated carbocycles. The van der Waals surface area contributed by atoms with E-state index in [-0.39, 0.29) is 6.61 Å². The number of rotatable bonds is 4. The summed E-state index contributed by atoms with van der Waals surface area (Å²) in [5, 5.41) is 9.67. The van der Waals surface area contributed by atoms with Gasteiger partial charge in [-0.05, 0) is 42.4 Å². The monoisotopic (exact) mass is 261 g/mol. The molecule has 4 rings (SSSR count). The first-order valence-electron chi connectivity index (χ1n) is 7.22. The lowest BCUT2D eigenvalue weighted by Gasteiger charge is -2.57. The average Bonchev–Trinajstić information content (AvgIpc) is 2.38. The summed E-state index contributed by atoms with van der Waals surface area (Å²) in [6.07, 6.45) is 2.63. The Morgan fingerprint density at radius 2 is 1.95 bits per heavy atom. The highest BCUT2D eigenvalue weighted by Gasteiger charge is 2.48. The van der Waals surface area contributed by atoms with E-state index in [2.05, 4.69) is 24.0 Å². The van der Waals surface area contributed by atoms with Gasteiger partial charge >= 0.3 is 0 Å². The van der Waals surface area contributed by atoms with Crippen molar-refractivity contribution < 1.29 is 9.84 Å². The third-order valence-electron chi connectivity index (χ3n) is 5.11. The first-order valence-corrected chi connectivity index (χ1v) is 7.22. The van der Waals surface area contributed by atoms with E-state index in [1.807, 2.05) is 12.1 Å². The minimum absolute atomic E-state index is 0.282. The Balaban J connectivity index is 1.73. The van der Waals surface area contributed by atoms with E-state index >= 15 is 0 Å². The molecule has 2 aliphatic heterocycles. The standard InChI is InChI=1S/C16H23NO2/c1-11-13-7-14(8-13)17(16(11)10-18)9-12-3-5-15(19-2)6-4-12/h3-6,11,13-14,16,18H,7-10H2,1-2H3/t11-,13?,14?,16-/m1/s1. The van der Waals surface area contributed by atoms with Gasteiger partial charge in [0.2, 0.25) is 0 Å². The summed E-state index contributed by atoms with van der Waals surface area (Å²) < 4.78 is 5.19. The van der Waals surface area contributed by atoms with Gasteiger partial charge < -0.3 is 9.84 Å². The number of piperidine rings is 2. The van der Waals surface area contributed by atoms with E-state index in [4.69, 9.17) is 4.74 Å². The predicted molar refractivity (Wildman–Crippen MR) is 75.1 cm³/mol. The van der Waals surface area contributed by atoms with Crippen molar-refractivity contribution in [2.24, 2.45) is 11.8 Å². The fourth-order valence-corrected chi connectivity index (χ4v) is 3.68. The van der Waals surface area contributed by atoms with Crippen LogP contribution in [0.25, 0.3) is 0 Å². The fourth-order valence-electron chi connectivity index (χ4n) is 3.68. The molecular formula is C16H23NO2. The molecule has 2 heterocycles. The molecule has 1 aromatic carbocycles. The maximum atomic E-state index is 9.67. The fraction of sp³-hybridized carbons (Fsp3) is 0.625. The Kier molecular flexibility index (Phi) is 3.50. The second-order valence-corrected chi connectivity index (χ2v) is 6.01. The highest BCUT2D eigenvalue weighted by atomic mass is 16.5. The summed E-state index contributed by atoms with van der Waals surface area (Å²) in [5.74, 6) is 2.36. The van der Waals surface area contributed by atoms with Crippen molar-refractivity contribution in [2.75, 3.05) is 13.7 Å². The quantitative estimate of drug-likeness (QED) is 0.902. The highest BCUT2D eigenvalue weighted by Crippen LogP contribution is 2.46. The molecule has 1 aliphatic carbocycles. The first kappa shape index (κ1) is 12.9. The molecule has 1 N–H and O–H groups in total. The van der Waals surface area contributed by atoms with Gasteiger partial charge in [0.25, 0.3) is 0 Å². The molecule has 1 aromatic rings. The number of hydrogen-bond donors (Lipinski definition) is 1. The summed E-state index contributed by atoms with van der Waals surface area (Å²) in [4.78, 5) is 2.51. The molecule has 0 aromatic heterocycles. The van der Waals surface area contributed by atoms with E-state index in [1.165, 1.54) is 18.4 Å². The summed E-state index contributed by atoms with van der Waals surface area (Å²) in [5.41, 5.74) is 1.30. The number of benzene rings is 1. The van der Waals surface area contributed by atoms with E-state index < -0.39 is 0 Å². The van der Waals surface area contributed by atoms with E-state index in [1.54, 1.807) is 7.11 Å². The number of methoxy groups -OCH3 is 1. The third-order valence-corrected chi connectivity index (χ3v) is 5.11. The first-order chi connectivity index (χ1) is 9.22. The van der Waals surface area contributed by atoms with E-state index in [9.17, 15) is 5.11 Å². The normalized spacial score (nSPS) is 33.8.